The lowest BCUT2D eigenvalue weighted by atomic mass is 10.2. The highest BCUT2D eigenvalue weighted by molar-refractivity contribution is 7.80. The van der Waals surface area contributed by atoms with Crippen LogP contribution in [0.25, 0.3) is 0 Å². The smallest absolute Gasteiger partial charge is 0.123 e. The minimum atomic E-state index is -0.228. The van der Waals surface area contributed by atoms with E-state index in [1.807, 2.05) is 19.1 Å². The van der Waals surface area contributed by atoms with E-state index in [4.69, 9.17) is 18.0 Å². The van der Waals surface area contributed by atoms with Gasteiger partial charge in [0.15, 0.2) is 0 Å². The first kappa shape index (κ1) is 27.4. The van der Waals surface area contributed by atoms with Crippen molar-refractivity contribution in [1.29, 1.82) is 5.26 Å². The molecule has 2 aromatic carbocycles. The summed E-state index contributed by atoms with van der Waals surface area (Å²) in [4.78, 5) is 6.79. The van der Waals surface area contributed by atoms with Gasteiger partial charge in [-0.25, -0.2) is 8.78 Å². The predicted octanol–water partition coefficient (Wildman–Crippen LogP) is 4.05. The third-order valence-electron chi connectivity index (χ3n) is 6.41. The maximum Gasteiger partial charge on any atom is 0.123 e. The van der Waals surface area contributed by atoms with Gasteiger partial charge >= 0.3 is 0 Å². The average Bonchev–Trinajstić information content (AvgIpc) is 3.29. The molecule has 0 atom stereocenters. The monoisotopic (exact) mass is 512 g/mol. The van der Waals surface area contributed by atoms with E-state index in [-0.39, 0.29) is 16.6 Å². The van der Waals surface area contributed by atoms with Gasteiger partial charge < -0.3 is 25.8 Å². The topological polar surface area (TPSA) is 71.6 Å². The second kappa shape index (κ2) is 13.8. The summed E-state index contributed by atoms with van der Waals surface area (Å²) in [7, 11) is 0. The minimum Gasteiger partial charge on any atom is -0.389 e. The van der Waals surface area contributed by atoms with Gasteiger partial charge in [-0.05, 0) is 74.8 Å². The molecule has 0 aliphatic carbocycles. The second-order valence-electron chi connectivity index (χ2n) is 8.81. The number of anilines is 2. The molecule has 0 spiro atoms. The fourth-order valence-electron chi connectivity index (χ4n) is 4.39. The Kier molecular flexibility index (Phi) is 10.5. The normalized spacial score (nSPS) is 17.1. The molecule has 0 unspecified atom stereocenters. The van der Waals surface area contributed by atoms with E-state index < -0.39 is 0 Å². The molecule has 6 nitrogen and oxygen atoms in total. The molecule has 192 valence electrons. The largest absolute Gasteiger partial charge is 0.389 e. The van der Waals surface area contributed by atoms with Crippen molar-refractivity contribution in [3.63, 3.8) is 0 Å². The molecule has 2 saturated heterocycles. The lowest BCUT2D eigenvalue weighted by molar-refractivity contribution is 0.369. The minimum absolute atomic E-state index is 0.139. The maximum atomic E-state index is 13.0. The fourth-order valence-corrected chi connectivity index (χ4v) is 4.58. The second-order valence-corrected chi connectivity index (χ2v) is 9.25. The summed E-state index contributed by atoms with van der Waals surface area (Å²) < 4.78 is 25.7. The highest BCUT2D eigenvalue weighted by Gasteiger charge is 2.18. The summed E-state index contributed by atoms with van der Waals surface area (Å²) in [6.07, 6.45) is 2.10. The van der Waals surface area contributed by atoms with Gasteiger partial charge in [0, 0.05) is 62.9 Å². The van der Waals surface area contributed by atoms with Gasteiger partial charge in [-0.1, -0.05) is 12.2 Å². The Labute approximate surface area is 218 Å². The quantitative estimate of drug-likeness (QED) is 0.364. The summed E-state index contributed by atoms with van der Waals surface area (Å²) in [5.41, 5.74) is 8.95. The lowest BCUT2D eigenvalue weighted by Crippen LogP contribution is -2.31. The van der Waals surface area contributed by atoms with Crippen molar-refractivity contribution in [2.45, 2.75) is 19.8 Å². The Morgan fingerprint density at radius 3 is 1.94 bits per heavy atom. The van der Waals surface area contributed by atoms with E-state index in [0.717, 1.165) is 82.3 Å². The number of hydrogen-bond acceptors (Lipinski definition) is 6. The molecule has 2 heterocycles. The van der Waals surface area contributed by atoms with Gasteiger partial charge in [-0.15, -0.1) is 0 Å². The molecular formula is C27H34F2N6S. The Bertz CT molecular complexity index is 1060. The molecule has 0 aromatic heterocycles. The molecule has 0 saturated carbocycles. The molecule has 36 heavy (non-hydrogen) atoms. The van der Waals surface area contributed by atoms with Gasteiger partial charge in [-0.3, -0.25) is 0 Å². The van der Waals surface area contributed by atoms with Crippen LogP contribution in [0, 0.1) is 23.0 Å². The van der Waals surface area contributed by atoms with Crippen LogP contribution in [0.1, 0.15) is 19.8 Å². The van der Waals surface area contributed by atoms with Crippen molar-refractivity contribution in [1.82, 2.24) is 10.2 Å². The first-order valence-corrected chi connectivity index (χ1v) is 12.7. The number of allylic oxidation sites excluding steroid dienone is 1. The molecule has 9 heteroatoms. The van der Waals surface area contributed by atoms with Crippen LogP contribution in [0.3, 0.4) is 0 Å². The molecule has 4 rings (SSSR count). The van der Waals surface area contributed by atoms with Crippen molar-refractivity contribution in [3.05, 3.63) is 71.4 Å². The summed E-state index contributed by atoms with van der Waals surface area (Å²) >= 11 is 4.93. The summed E-state index contributed by atoms with van der Waals surface area (Å²) in [6.45, 7) is 9.35. The van der Waals surface area contributed by atoms with Crippen LogP contribution in [0.4, 0.5) is 20.2 Å². The number of nitriles is 1. The van der Waals surface area contributed by atoms with Crippen molar-refractivity contribution in [3.8, 4) is 6.07 Å². The Morgan fingerprint density at radius 2 is 1.39 bits per heavy atom. The Hall–Kier alpha value is -3.22. The van der Waals surface area contributed by atoms with Crippen molar-refractivity contribution >= 4 is 28.6 Å². The Morgan fingerprint density at radius 1 is 0.833 bits per heavy atom. The van der Waals surface area contributed by atoms with Gasteiger partial charge in [0.05, 0.1) is 0 Å². The number of nitrogens with zero attached hydrogens (tertiary/aromatic N) is 4. The van der Waals surface area contributed by atoms with Crippen LogP contribution >= 0.6 is 12.2 Å². The molecule has 2 aromatic rings. The zero-order chi connectivity index (χ0) is 25.9. The number of halogens is 2. The standard InChI is InChI=1S/C16H19FN4S.C11H15FN2/c1-12(15(11-18)16(19)22)20-7-2-8-21(10-9-20)14-5-3-13(17)4-6-14;12-10-2-4-11(5-3-10)14-8-1-6-13-7-9-14/h3-6H,2,7-10H2,1H3,(H2,19,22);2-5,13H,1,6-9H2/b15-12-;. The third-order valence-corrected chi connectivity index (χ3v) is 6.62. The van der Waals surface area contributed by atoms with Gasteiger partial charge in [-0.2, -0.15) is 5.26 Å². The van der Waals surface area contributed by atoms with Crippen molar-refractivity contribution in [2.75, 3.05) is 62.2 Å². The van der Waals surface area contributed by atoms with Gasteiger partial charge in [0.25, 0.3) is 0 Å². The number of benzene rings is 2. The van der Waals surface area contributed by atoms with Crippen LogP contribution in [0.2, 0.25) is 0 Å². The van der Waals surface area contributed by atoms with E-state index in [1.165, 1.54) is 24.3 Å². The first-order chi connectivity index (χ1) is 17.4. The summed E-state index contributed by atoms with van der Waals surface area (Å²) in [6, 6.07) is 15.4. The molecule has 0 radical (unpaired) electrons. The van der Waals surface area contributed by atoms with E-state index >= 15 is 0 Å². The van der Waals surface area contributed by atoms with Gasteiger partial charge in [0.1, 0.15) is 28.3 Å². The van der Waals surface area contributed by atoms with Crippen LogP contribution in [0.15, 0.2) is 59.8 Å². The number of hydrogen-bond donors (Lipinski definition) is 2. The highest BCUT2D eigenvalue weighted by Crippen LogP contribution is 2.20. The zero-order valence-electron chi connectivity index (χ0n) is 20.7. The lowest BCUT2D eigenvalue weighted by Gasteiger charge is -2.25. The molecular weight excluding hydrogens is 478 g/mol. The molecule has 3 N–H and O–H groups in total. The van der Waals surface area contributed by atoms with Crippen molar-refractivity contribution in [2.24, 2.45) is 5.73 Å². The van der Waals surface area contributed by atoms with E-state index in [1.54, 1.807) is 12.1 Å². The van der Waals surface area contributed by atoms with E-state index in [9.17, 15) is 14.0 Å². The van der Waals surface area contributed by atoms with Crippen LogP contribution in [-0.4, -0.2) is 62.2 Å². The highest BCUT2D eigenvalue weighted by atomic mass is 32.1. The SMILES string of the molecule is C/C(=C(\C#N)C(N)=S)N1CCCN(c2ccc(F)cc2)CC1.Fc1ccc(N2CCCNCC2)cc1. The third kappa shape index (κ3) is 7.90. The van der Waals surface area contributed by atoms with Crippen LogP contribution < -0.4 is 20.9 Å². The molecule has 2 aliphatic heterocycles. The number of thiocarbonyl (C=S) groups is 1. The van der Waals surface area contributed by atoms with E-state index in [0.29, 0.717) is 5.57 Å². The number of nitrogens with one attached hydrogen (secondary N) is 1. The fraction of sp³-hybridized carbons (Fsp3) is 0.407. The van der Waals surface area contributed by atoms with Crippen molar-refractivity contribution < 1.29 is 8.78 Å². The van der Waals surface area contributed by atoms with Crippen LogP contribution in [0.5, 0.6) is 0 Å². The maximum absolute atomic E-state index is 13.0. The van der Waals surface area contributed by atoms with E-state index in [2.05, 4.69) is 26.1 Å². The Balaban J connectivity index is 0.000000221. The van der Waals surface area contributed by atoms with Crippen LogP contribution in [-0.2, 0) is 0 Å². The zero-order valence-corrected chi connectivity index (χ0v) is 21.5. The first-order valence-electron chi connectivity index (χ1n) is 12.3. The number of rotatable bonds is 4. The average molecular weight is 513 g/mol. The molecule has 0 amide bonds. The predicted molar refractivity (Wildman–Crippen MR) is 146 cm³/mol. The summed E-state index contributed by atoms with van der Waals surface area (Å²) in [5, 5.41) is 12.5. The molecule has 0 bridgehead atoms. The van der Waals surface area contributed by atoms with Gasteiger partial charge in [0.2, 0.25) is 0 Å². The summed E-state index contributed by atoms with van der Waals surface area (Å²) in [5.74, 6) is -0.393. The molecule has 2 fully saturated rings. The number of nitrogens with two attached hydrogens (primary N) is 1. The molecule has 2 aliphatic rings.